The van der Waals surface area contributed by atoms with Crippen LogP contribution in [0.5, 0.6) is 0 Å². The number of aliphatic carboxylic acids is 2. The Balaban J connectivity index is 0.000000120. The van der Waals surface area contributed by atoms with E-state index in [-0.39, 0.29) is 84.8 Å². The highest BCUT2D eigenvalue weighted by molar-refractivity contribution is 6.10. The van der Waals surface area contributed by atoms with E-state index in [2.05, 4.69) is 29.6 Å². The summed E-state index contributed by atoms with van der Waals surface area (Å²) in [6.07, 6.45) is -3.91. The number of fused-ring (bicyclic) bond motifs is 7. The third kappa shape index (κ3) is 7.77. The number of urea groups is 2. The molecule has 10 aliphatic carbocycles. The Kier molecular flexibility index (Phi) is 12.8. The van der Waals surface area contributed by atoms with Gasteiger partial charge in [-0.1, -0.05) is 0 Å². The Hall–Kier alpha value is -6.28. The molecule has 388 valence electrons. The van der Waals surface area contributed by atoms with Gasteiger partial charge in [0, 0.05) is 36.0 Å². The second-order valence-electron chi connectivity index (χ2n) is 20.0. The minimum Gasteiger partial charge on any atom is -0.481 e. The standard InChI is InChI=1S/2C10H11FN2O4.C8H10FNO4.C8H9FO3.C8H10O3/c2*1-17-7(14)5-3-2-4(11)10(6(3)5)8(15)12-9(16)13-10;9-3-1-2-4(6(11)12)5(2)8(3,10)7(13)14;1-12-8(11)6-3-2-4(9)7(10)5(3)6;1-11-8(10)7-4-2-3-5(9)6(4)7/h2*3-6H,2H2,1H3,(H2,12,13,15,16);2-5H,1,10H2,(H,11,12)(H,13,14);3-6H,2H2,1H3;4,6-7H,2-3H2,1H3/t2*3?,4?,5?,6?,10-;;;/m00.../s1. The average Bonchev–Trinajstić information content (AvgIpc) is 4.27. The van der Waals surface area contributed by atoms with Gasteiger partial charge >= 0.3 is 47.9 Å². The molecular weight excluding hydrogens is 962 g/mol. The number of ketones is 2. The third-order valence-electron chi connectivity index (χ3n) is 17.0. The molecule has 0 radical (unpaired) electrons. The van der Waals surface area contributed by atoms with Crippen molar-refractivity contribution in [3.05, 3.63) is 0 Å². The Morgan fingerprint density at radius 1 is 0.549 bits per heavy atom. The van der Waals surface area contributed by atoms with E-state index in [4.69, 9.17) is 15.9 Å². The van der Waals surface area contributed by atoms with Crippen molar-refractivity contribution in [1.29, 1.82) is 0 Å². The zero-order valence-corrected chi connectivity index (χ0v) is 38.2. The Morgan fingerprint density at radius 3 is 1.30 bits per heavy atom. The van der Waals surface area contributed by atoms with Gasteiger partial charge in [-0.25, -0.2) is 27.2 Å². The van der Waals surface area contributed by atoms with Gasteiger partial charge in [-0.15, -0.1) is 0 Å². The minimum atomic E-state index is -1.99. The lowest BCUT2D eigenvalue weighted by molar-refractivity contribution is -0.148. The van der Waals surface area contributed by atoms with E-state index in [0.29, 0.717) is 12.3 Å². The number of nitrogens with two attached hydrogens (primary N) is 1. The summed E-state index contributed by atoms with van der Waals surface area (Å²) >= 11 is 0. The number of methoxy groups -OCH3 is 4. The van der Waals surface area contributed by atoms with E-state index in [1.54, 1.807) is 0 Å². The summed E-state index contributed by atoms with van der Waals surface area (Å²) in [5, 5.41) is 26.2. The number of rotatable bonds is 6. The lowest BCUT2D eigenvalue weighted by Gasteiger charge is -2.26. The van der Waals surface area contributed by atoms with Gasteiger partial charge in [0.25, 0.3) is 11.8 Å². The number of esters is 4. The summed E-state index contributed by atoms with van der Waals surface area (Å²) in [7, 11) is 5.17. The van der Waals surface area contributed by atoms with Crippen molar-refractivity contribution in [3.8, 4) is 0 Å². The van der Waals surface area contributed by atoms with Crippen LogP contribution in [0, 0.1) is 88.8 Å². The van der Waals surface area contributed by atoms with Crippen LogP contribution in [0.2, 0.25) is 0 Å². The average molecular weight is 1010 g/mol. The fourth-order valence-electron chi connectivity index (χ4n) is 13.4. The summed E-state index contributed by atoms with van der Waals surface area (Å²) in [5.41, 5.74) is 0.319. The van der Waals surface area contributed by atoms with Gasteiger partial charge in [0.2, 0.25) is 0 Å². The second-order valence-corrected chi connectivity index (χ2v) is 20.0. The maximum Gasteiger partial charge on any atom is 0.327 e. The van der Waals surface area contributed by atoms with Crippen molar-refractivity contribution in [3.63, 3.8) is 0 Å². The van der Waals surface area contributed by atoms with Gasteiger partial charge in [0.05, 0.1) is 58.0 Å². The molecule has 10 saturated carbocycles. The van der Waals surface area contributed by atoms with E-state index in [1.807, 2.05) is 10.6 Å². The van der Waals surface area contributed by atoms with E-state index in [9.17, 15) is 75.1 Å². The molecule has 23 nitrogen and oxygen atoms in total. The molecule has 0 bridgehead atoms. The zero-order chi connectivity index (χ0) is 52.3. The van der Waals surface area contributed by atoms with Crippen LogP contribution in [0.1, 0.15) is 38.5 Å². The van der Waals surface area contributed by atoms with Gasteiger partial charge in [0.1, 0.15) is 29.8 Å². The minimum absolute atomic E-state index is 0.0300. The van der Waals surface area contributed by atoms with Gasteiger partial charge in [0.15, 0.2) is 23.0 Å². The molecule has 0 aromatic rings. The smallest absolute Gasteiger partial charge is 0.327 e. The molecule has 12 aliphatic rings. The number of ether oxygens (including phenoxy) is 4. The Morgan fingerprint density at radius 2 is 0.958 bits per heavy atom. The first-order chi connectivity index (χ1) is 33.4. The number of Topliss-reactive ketones (excluding diaryl/α,β-unsaturated/α-hetero) is 2. The van der Waals surface area contributed by atoms with Gasteiger partial charge in [-0.05, 0) is 61.7 Å². The normalized spacial score (nSPS) is 45.7. The van der Waals surface area contributed by atoms with Crippen LogP contribution in [0.3, 0.4) is 0 Å². The lowest BCUT2D eigenvalue weighted by Crippen LogP contribution is -2.56. The molecule has 8 N–H and O–H groups in total. The fraction of sp³-hybridized carbons (Fsp3) is 0.727. The monoisotopic (exact) mass is 1010 g/mol. The highest BCUT2D eigenvalue weighted by Gasteiger charge is 2.79. The fourth-order valence-corrected chi connectivity index (χ4v) is 13.4. The molecule has 2 aliphatic heterocycles. The van der Waals surface area contributed by atoms with Crippen molar-refractivity contribution in [1.82, 2.24) is 21.3 Å². The number of hydrogen-bond donors (Lipinski definition) is 7. The molecule has 6 amide bonds. The highest BCUT2D eigenvalue weighted by Crippen LogP contribution is 2.66. The predicted molar refractivity (Wildman–Crippen MR) is 219 cm³/mol. The quantitative estimate of drug-likeness (QED) is 0.0715. The molecule has 0 aromatic carbocycles. The Bertz CT molecular complexity index is 2330. The SMILES string of the molecule is COC(=O)C1C2CC(F)C(=O)C21.COC(=O)C1C2CC(F)[C@]3(NC(=O)NC3=O)C21.COC(=O)C1C2CC(F)[C@]3(NC(=O)NC3=O)C21.COC(=O)C1C2CCC(=O)C21.NC1(C(=O)O)C(F)CC2C(C(=O)O)C21. The number of alkyl halides is 4. The third-order valence-corrected chi connectivity index (χ3v) is 17.0. The first kappa shape index (κ1) is 51.1. The van der Waals surface area contributed by atoms with Crippen LogP contribution in [-0.2, 0) is 66.9 Å². The van der Waals surface area contributed by atoms with Crippen LogP contribution in [0.15, 0.2) is 0 Å². The topological polar surface area (TPSA) is 356 Å². The molecule has 12 fully saturated rings. The molecule has 71 heavy (non-hydrogen) atoms. The molecule has 27 heteroatoms. The summed E-state index contributed by atoms with van der Waals surface area (Å²) in [6.45, 7) is 0. The maximum absolute atomic E-state index is 13.9. The Labute approximate surface area is 399 Å². The van der Waals surface area contributed by atoms with Crippen molar-refractivity contribution in [2.24, 2.45) is 94.5 Å². The van der Waals surface area contributed by atoms with Gasteiger partial charge < -0.3 is 45.5 Å². The maximum atomic E-state index is 13.9. The summed E-state index contributed by atoms with van der Waals surface area (Å²) in [4.78, 5) is 134. The molecule has 12 rings (SSSR count). The molecule has 0 aromatic heterocycles. The van der Waals surface area contributed by atoms with Crippen molar-refractivity contribution in [2.45, 2.75) is 79.8 Å². The number of carboxylic acids is 2. The first-order valence-electron chi connectivity index (χ1n) is 22.8. The number of carbonyl (C=O) groups is 12. The molecule has 22 atom stereocenters. The van der Waals surface area contributed by atoms with Crippen molar-refractivity contribution < 1.29 is 104 Å². The van der Waals surface area contributed by atoms with Crippen LogP contribution < -0.4 is 27.0 Å². The number of imide groups is 2. The predicted octanol–water partition coefficient (Wildman–Crippen LogP) is -1.14. The van der Waals surface area contributed by atoms with Crippen LogP contribution >= 0.6 is 0 Å². The number of halogens is 4. The number of nitrogens with one attached hydrogen (secondary N) is 4. The number of amides is 6. The lowest BCUT2D eigenvalue weighted by atomic mass is 9.89. The van der Waals surface area contributed by atoms with E-state index >= 15 is 0 Å². The second kappa shape index (κ2) is 17.8. The van der Waals surface area contributed by atoms with E-state index in [1.165, 1.54) is 28.4 Å². The molecule has 2 spiro atoms. The van der Waals surface area contributed by atoms with E-state index < -0.39 is 136 Å². The molecular formula is C44H51F4N5O18. The number of carbonyl (C=O) groups excluding carboxylic acids is 10. The van der Waals surface area contributed by atoms with E-state index in [0.717, 1.165) is 6.42 Å². The summed E-state index contributed by atoms with van der Waals surface area (Å²) < 4.78 is 71.9. The summed E-state index contributed by atoms with van der Waals surface area (Å²) in [5.74, 6) is -10.2. The number of hydrogen-bond acceptors (Lipinski definition) is 17. The van der Waals surface area contributed by atoms with Crippen LogP contribution in [0.4, 0.5) is 27.2 Å². The largest absolute Gasteiger partial charge is 0.481 e. The molecule has 20 unspecified atom stereocenters. The van der Waals surface area contributed by atoms with Gasteiger partial charge in [-0.2, -0.15) is 0 Å². The highest BCUT2D eigenvalue weighted by atomic mass is 19.1. The van der Waals surface area contributed by atoms with Crippen molar-refractivity contribution >= 4 is 71.3 Å². The molecule has 2 saturated heterocycles. The summed E-state index contributed by atoms with van der Waals surface area (Å²) in [6, 6.07) is -1.40. The first-order valence-corrected chi connectivity index (χ1v) is 22.8. The number of carboxylic acid groups (broad SMARTS) is 2. The van der Waals surface area contributed by atoms with Gasteiger partial charge in [-0.3, -0.25) is 58.6 Å². The van der Waals surface area contributed by atoms with Crippen LogP contribution in [-0.4, -0.2) is 151 Å². The van der Waals surface area contributed by atoms with Crippen molar-refractivity contribution in [2.75, 3.05) is 28.4 Å². The van der Waals surface area contributed by atoms with Crippen LogP contribution in [0.25, 0.3) is 0 Å². The zero-order valence-electron chi connectivity index (χ0n) is 38.2. The molecule has 2 heterocycles.